The Morgan fingerprint density at radius 3 is 2.54 bits per heavy atom. The third-order valence-corrected chi connectivity index (χ3v) is 4.54. The molecule has 1 saturated carbocycles. The highest BCUT2D eigenvalue weighted by Gasteiger charge is 2.30. The molecule has 0 N–H and O–H groups in total. The Balaban J connectivity index is 1.48. The molecule has 0 radical (unpaired) electrons. The average molecular weight is 353 g/mol. The Hall–Kier alpha value is -2.73. The standard InChI is InChI=1S/C20H20FN3O2/c1-25-17-10-6-14(7-11-17)20-23-22-19(26-20)13-24(16-8-9-16)12-15-4-2-3-5-18(15)21/h2-7,10-11,16H,8-9,12-13H2,1H3. The lowest BCUT2D eigenvalue weighted by molar-refractivity contribution is 0.218. The van der Waals surface area contributed by atoms with Gasteiger partial charge in [0.25, 0.3) is 0 Å². The molecule has 0 atom stereocenters. The van der Waals surface area contributed by atoms with Gasteiger partial charge < -0.3 is 9.15 Å². The van der Waals surface area contributed by atoms with Gasteiger partial charge in [0.1, 0.15) is 11.6 Å². The van der Waals surface area contributed by atoms with E-state index in [0.717, 1.165) is 24.2 Å². The highest BCUT2D eigenvalue weighted by Crippen LogP contribution is 2.30. The zero-order valence-electron chi connectivity index (χ0n) is 14.6. The van der Waals surface area contributed by atoms with Crippen LogP contribution in [0.1, 0.15) is 24.3 Å². The van der Waals surface area contributed by atoms with Crippen molar-refractivity contribution in [2.45, 2.75) is 32.0 Å². The molecule has 1 aliphatic rings. The molecule has 6 heteroatoms. The van der Waals surface area contributed by atoms with Gasteiger partial charge in [0.15, 0.2) is 0 Å². The van der Waals surface area contributed by atoms with Crippen LogP contribution in [0.3, 0.4) is 0 Å². The molecule has 26 heavy (non-hydrogen) atoms. The zero-order valence-corrected chi connectivity index (χ0v) is 14.6. The van der Waals surface area contributed by atoms with Crippen molar-refractivity contribution in [1.82, 2.24) is 15.1 Å². The van der Waals surface area contributed by atoms with E-state index in [0.29, 0.717) is 36.5 Å². The third-order valence-electron chi connectivity index (χ3n) is 4.54. The van der Waals surface area contributed by atoms with Gasteiger partial charge in [-0.3, -0.25) is 4.90 Å². The van der Waals surface area contributed by atoms with Crippen LogP contribution in [-0.4, -0.2) is 28.2 Å². The van der Waals surface area contributed by atoms with Crippen molar-refractivity contribution in [1.29, 1.82) is 0 Å². The molecule has 0 bridgehead atoms. The van der Waals surface area contributed by atoms with Crippen molar-refractivity contribution in [3.8, 4) is 17.2 Å². The number of benzene rings is 2. The van der Waals surface area contributed by atoms with Crippen LogP contribution in [0, 0.1) is 5.82 Å². The number of nitrogens with zero attached hydrogens (tertiary/aromatic N) is 3. The second-order valence-electron chi connectivity index (χ2n) is 6.46. The Morgan fingerprint density at radius 2 is 1.85 bits per heavy atom. The zero-order chi connectivity index (χ0) is 17.9. The second-order valence-corrected chi connectivity index (χ2v) is 6.46. The fraction of sp³-hybridized carbons (Fsp3) is 0.300. The predicted molar refractivity (Wildman–Crippen MR) is 95.0 cm³/mol. The largest absolute Gasteiger partial charge is 0.497 e. The average Bonchev–Trinajstić information content (AvgIpc) is 3.42. The van der Waals surface area contributed by atoms with E-state index in [1.165, 1.54) is 6.07 Å². The summed E-state index contributed by atoms with van der Waals surface area (Å²) < 4.78 is 25.0. The highest BCUT2D eigenvalue weighted by atomic mass is 19.1. The van der Waals surface area contributed by atoms with E-state index < -0.39 is 0 Å². The Bertz CT molecular complexity index is 875. The molecule has 0 spiro atoms. The molecule has 0 amide bonds. The molecule has 2 aromatic carbocycles. The summed E-state index contributed by atoms with van der Waals surface area (Å²) in [6, 6.07) is 14.8. The van der Waals surface area contributed by atoms with Gasteiger partial charge in [-0.1, -0.05) is 18.2 Å². The molecule has 134 valence electrons. The molecule has 1 heterocycles. The molecule has 0 saturated heterocycles. The molecule has 1 aliphatic carbocycles. The predicted octanol–water partition coefficient (Wildman–Crippen LogP) is 4.05. The molecular weight excluding hydrogens is 333 g/mol. The molecule has 4 rings (SSSR count). The fourth-order valence-corrected chi connectivity index (χ4v) is 2.94. The molecule has 5 nitrogen and oxygen atoms in total. The summed E-state index contributed by atoms with van der Waals surface area (Å²) in [4.78, 5) is 2.20. The lowest BCUT2D eigenvalue weighted by Gasteiger charge is -2.20. The van der Waals surface area contributed by atoms with Crippen molar-refractivity contribution >= 4 is 0 Å². The first-order valence-corrected chi connectivity index (χ1v) is 8.67. The number of rotatable bonds is 7. The quantitative estimate of drug-likeness (QED) is 0.641. The fourth-order valence-electron chi connectivity index (χ4n) is 2.94. The minimum Gasteiger partial charge on any atom is -0.497 e. The summed E-state index contributed by atoms with van der Waals surface area (Å²) in [7, 11) is 1.63. The molecule has 1 fully saturated rings. The normalized spacial score (nSPS) is 14.0. The van der Waals surface area contributed by atoms with Crippen LogP contribution < -0.4 is 4.74 Å². The van der Waals surface area contributed by atoms with Crippen molar-refractivity contribution in [2.75, 3.05) is 7.11 Å². The van der Waals surface area contributed by atoms with Crippen LogP contribution in [0.25, 0.3) is 11.5 Å². The van der Waals surface area contributed by atoms with Gasteiger partial charge in [0.2, 0.25) is 11.8 Å². The van der Waals surface area contributed by atoms with Crippen molar-refractivity contribution in [2.24, 2.45) is 0 Å². The van der Waals surface area contributed by atoms with Gasteiger partial charge >= 0.3 is 0 Å². The highest BCUT2D eigenvalue weighted by molar-refractivity contribution is 5.53. The van der Waals surface area contributed by atoms with E-state index in [4.69, 9.17) is 9.15 Å². The third kappa shape index (κ3) is 3.75. The maximum Gasteiger partial charge on any atom is 0.247 e. The smallest absolute Gasteiger partial charge is 0.247 e. The van der Waals surface area contributed by atoms with E-state index in [9.17, 15) is 4.39 Å². The molecule has 1 aromatic heterocycles. The summed E-state index contributed by atoms with van der Waals surface area (Å²) in [5.41, 5.74) is 1.53. The number of hydrogen-bond acceptors (Lipinski definition) is 5. The first-order chi connectivity index (χ1) is 12.7. The lowest BCUT2D eigenvalue weighted by atomic mass is 10.2. The SMILES string of the molecule is COc1ccc(-c2nnc(CN(Cc3ccccc3F)C3CC3)o2)cc1. The number of halogens is 1. The van der Waals surface area contributed by atoms with Gasteiger partial charge in [0.05, 0.1) is 13.7 Å². The summed E-state index contributed by atoms with van der Waals surface area (Å²) >= 11 is 0. The van der Waals surface area contributed by atoms with Crippen LogP contribution in [0.15, 0.2) is 52.9 Å². The minimum absolute atomic E-state index is 0.178. The van der Waals surface area contributed by atoms with Gasteiger partial charge in [0, 0.05) is 23.7 Å². The van der Waals surface area contributed by atoms with Crippen LogP contribution in [0.2, 0.25) is 0 Å². The molecule has 0 aliphatic heterocycles. The Morgan fingerprint density at radius 1 is 1.08 bits per heavy atom. The van der Waals surface area contributed by atoms with Crippen molar-refractivity contribution in [3.63, 3.8) is 0 Å². The van der Waals surface area contributed by atoms with Gasteiger partial charge in [-0.15, -0.1) is 10.2 Å². The minimum atomic E-state index is -0.178. The van der Waals surface area contributed by atoms with Gasteiger partial charge in [-0.25, -0.2) is 4.39 Å². The summed E-state index contributed by atoms with van der Waals surface area (Å²) in [6.45, 7) is 1.06. The van der Waals surface area contributed by atoms with Crippen molar-refractivity contribution < 1.29 is 13.5 Å². The molecular formula is C20H20FN3O2. The Kier molecular flexibility index (Phi) is 4.67. The van der Waals surface area contributed by atoms with E-state index in [-0.39, 0.29) is 5.82 Å². The van der Waals surface area contributed by atoms with E-state index in [1.54, 1.807) is 13.2 Å². The first-order valence-electron chi connectivity index (χ1n) is 8.67. The summed E-state index contributed by atoms with van der Waals surface area (Å²) in [6.07, 6.45) is 2.24. The van der Waals surface area contributed by atoms with Crippen molar-refractivity contribution in [3.05, 3.63) is 65.8 Å². The van der Waals surface area contributed by atoms with E-state index in [1.807, 2.05) is 36.4 Å². The first kappa shape index (κ1) is 16.7. The maximum atomic E-state index is 14.0. The number of aromatic nitrogens is 2. The van der Waals surface area contributed by atoms with Crippen LogP contribution in [-0.2, 0) is 13.1 Å². The van der Waals surface area contributed by atoms with Crippen LogP contribution >= 0.6 is 0 Å². The van der Waals surface area contributed by atoms with Gasteiger partial charge in [-0.2, -0.15) is 0 Å². The van der Waals surface area contributed by atoms with Gasteiger partial charge in [-0.05, 0) is 43.2 Å². The topological polar surface area (TPSA) is 51.4 Å². The van der Waals surface area contributed by atoms with Crippen LogP contribution in [0.5, 0.6) is 5.75 Å². The Labute approximate surface area is 151 Å². The van der Waals surface area contributed by atoms with E-state index >= 15 is 0 Å². The number of methoxy groups -OCH3 is 1. The lowest BCUT2D eigenvalue weighted by Crippen LogP contribution is -2.25. The van der Waals surface area contributed by atoms with Crippen LogP contribution in [0.4, 0.5) is 4.39 Å². The number of hydrogen-bond donors (Lipinski definition) is 0. The monoisotopic (exact) mass is 353 g/mol. The van der Waals surface area contributed by atoms with E-state index in [2.05, 4.69) is 15.1 Å². The number of ether oxygens (including phenoxy) is 1. The second kappa shape index (κ2) is 7.25. The maximum absolute atomic E-state index is 14.0. The molecule has 3 aromatic rings. The summed E-state index contributed by atoms with van der Waals surface area (Å²) in [5, 5.41) is 8.31. The summed E-state index contributed by atoms with van der Waals surface area (Å²) in [5.74, 6) is 1.62. The molecule has 0 unspecified atom stereocenters.